The van der Waals surface area contributed by atoms with Crippen LogP contribution < -0.4 is 14.8 Å². The van der Waals surface area contributed by atoms with Gasteiger partial charge in [-0.2, -0.15) is 0 Å². The lowest BCUT2D eigenvalue weighted by Crippen LogP contribution is -2.49. The van der Waals surface area contributed by atoms with E-state index in [2.05, 4.69) is 39.9 Å². The number of pyridine rings is 1. The number of anilines is 2. The van der Waals surface area contributed by atoms with Crippen molar-refractivity contribution in [3.8, 4) is 17.1 Å². The minimum atomic E-state index is -3.49. The lowest BCUT2D eigenvalue weighted by molar-refractivity contribution is -0.123. The predicted octanol–water partition coefficient (Wildman–Crippen LogP) is 2.23. The Bertz CT molecular complexity index is 1400. The van der Waals surface area contributed by atoms with Gasteiger partial charge in [0.05, 0.1) is 29.9 Å². The fourth-order valence-electron chi connectivity index (χ4n) is 4.37. The number of nitrogens with one attached hydrogen (secondary N) is 2. The van der Waals surface area contributed by atoms with Crippen LogP contribution in [0.4, 0.5) is 11.6 Å². The quantitative estimate of drug-likeness (QED) is 0.415. The zero-order valence-corrected chi connectivity index (χ0v) is 22.1. The molecular weight excluding hydrogens is 508 g/mol. The predicted molar refractivity (Wildman–Crippen MR) is 141 cm³/mol. The molecule has 13 heteroatoms. The van der Waals surface area contributed by atoms with Gasteiger partial charge in [-0.05, 0) is 70.9 Å². The molecule has 1 saturated carbocycles. The third-order valence-electron chi connectivity index (χ3n) is 6.77. The molecule has 2 fully saturated rings. The van der Waals surface area contributed by atoms with Gasteiger partial charge >= 0.3 is 0 Å². The molecule has 2 aliphatic rings. The summed E-state index contributed by atoms with van der Waals surface area (Å²) in [6.07, 6.45) is 8.51. The van der Waals surface area contributed by atoms with E-state index in [0.717, 1.165) is 5.56 Å². The standard InChI is InChI=1S/C25H30N8O4S/c1-3-37-22-16-26-15-19(29-22)17-4-7-20(28-14-17)31-24(34)25(9-12-33(2)13-10-25)23-27-11-8-21(30-23)32-38(35,36)18-5-6-18/h4,7-8,11,14-16,18H,3,5-6,9-10,12-13H2,1-2H3,(H,27,30,32)(H,28,31,34). The fraction of sp³-hybridized carbons (Fsp3) is 0.440. The number of likely N-dealkylation sites (tertiary alicyclic amines) is 1. The number of aromatic nitrogens is 5. The number of hydrogen-bond acceptors (Lipinski definition) is 10. The Morgan fingerprint density at radius 2 is 1.87 bits per heavy atom. The number of ether oxygens (including phenoxy) is 1. The largest absolute Gasteiger partial charge is 0.477 e. The summed E-state index contributed by atoms with van der Waals surface area (Å²) in [6.45, 7) is 3.68. The van der Waals surface area contributed by atoms with Crippen molar-refractivity contribution in [2.24, 2.45) is 0 Å². The van der Waals surface area contributed by atoms with Crippen LogP contribution in [-0.2, 0) is 20.2 Å². The van der Waals surface area contributed by atoms with Crippen LogP contribution in [0, 0.1) is 0 Å². The Balaban J connectivity index is 1.37. The van der Waals surface area contributed by atoms with E-state index >= 15 is 0 Å². The number of carbonyl (C=O) groups excluding carboxylic acids is 1. The minimum absolute atomic E-state index is 0.172. The summed E-state index contributed by atoms with van der Waals surface area (Å²) in [4.78, 5) is 37.8. The molecule has 0 radical (unpaired) electrons. The SMILES string of the molecule is CCOc1cncc(-c2ccc(NC(=O)C3(c4nccc(NS(=O)(=O)C5CC5)n4)CCN(C)CC3)nc2)n1. The van der Waals surface area contributed by atoms with Crippen molar-refractivity contribution >= 4 is 27.6 Å². The second-order valence-electron chi connectivity index (χ2n) is 9.56. The van der Waals surface area contributed by atoms with Gasteiger partial charge in [-0.3, -0.25) is 14.5 Å². The summed E-state index contributed by atoms with van der Waals surface area (Å²) in [5, 5.41) is 2.54. The molecule has 1 saturated heterocycles. The van der Waals surface area contributed by atoms with Crippen LogP contribution in [-0.4, -0.2) is 76.1 Å². The van der Waals surface area contributed by atoms with E-state index < -0.39 is 15.4 Å². The molecule has 4 heterocycles. The van der Waals surface area contributed by atoms with Gasteiger partial charge in [-0.1, -0.05) is 0 Å². The Labute approximate surface area is 221 Å². The second-order valence-corrected chi connectivity index (χ2v) is 11.5. The van der Waals surface area contributed by atoms with E-state index in [9.17, 15) is 13.2 Å². The maximum atomic E-state index is 13.8. The van der Waals surface area contributed by atoms with E-state index in [1.54, 1.807) is 30.7 Å². The van der Waals surface area contributed by atoms with E-state index in [-0.39, 0.29) is 17.0 Å². The molecule has 0 bridgehead atoms. The van der Waals surface area contributed by atoms with Crippen LogP contribution in [0.1, 0.15) is 38.4 Å². The normalized spacial score (nSPS) is 17.5. The number of rotatable bonds is 9. The first-order valence-electron chi connectivity index (χ1n) is 12.6. The maximum Gasteiger partial charge on any atom is 0.239 e. The Morgan fingerprint density at radius 3 is 2.55 bits per heavy atom. The number of carbonyl (C=O) groups is 1. The summed E-state index contributed by atoms with van der Waals surface area (Å²) in [5.74, 6) is 0.973. The highest BCUT2D eigenvalue weighted by atomic mass is 32.2. The lowest BCUT2D eigenvalue weighted by atomic mass is 9.76. The van der Waals surface area contributed by atoms with Gasteiger partial charge in [0.15, 0.2) is 0 Å². The number of amides is 1. The van der Waals surface area contributed by atoms with Gasteiger partial charge in [0.25, 0.3) is 0 Å². The molecule has 0 atom stereocenters. The third kappa shape index (κ3) is 5.58. The molecular formula is C25H30N8O4S. The third-order valence-corrected chi connectivity index (χ3v) is 8.62. The van der Waals surface area contributed by atoms with Crippen molar-refractivity contribution < 1.29 is 17.9 Å². The molecule has 0 aromatic carbocycles. The second kappa shape index (κ2) is 10.6. The van der Waals surface area contributed by atoms with Gasteiger partial charge in [-0.25, -0.2) is 28.4 Å². The molecule has 0 spiro atoms. The average Bonchev–Trinajstić information content (AvgIpc) is 3.77. The zero-order valence-electron chi connectivity index (χ0n) is 21.3. The smallest absolute Gasteiger partial charge is 0.239 e. The van der Waals surface area contributed by atoms with E-state index in [1.807, 2.05) is 14.0 Å². The summed E-state index contributed by atoms with van der Waals surface area (Å²) >= 11 is 0. The lowest BCUT2D eigenvalue weighted by Gasteiger charge is -2.38. The van der Waals surface area contributed by atoms with Crippen LogP contribution in [0.2, 0.25) is 0 Å². The monoisotopic (exact) mass is 538 g/mol. The minimum Gasteiger partial charge on any atom is -0.477 e. The Hall–Kier alpha value is -3.71. The Morgan fingerprint density at radius 1 is 1.08 bits per heavy atom. The molecule has 5 rings (SSSR count). The molecule has 3 aromatic rings. The molecule has 38 heavy (non-hydrogen) atoms. The van der Waals surface area contributed by atoms with E-state index in [0.29, 0.717) is 68.6 Å². The zero-order chi connectivity index (χ0) is 26.8. The van der Waals surface area contributed by atoms with Gasteiger partial charge in [-0.15, -0.1) is 0 Å². The van der Waals surface area contributed by atoms with Crippen molar-refractivity contribution in [3.05, 3.63) is 48.8 Å². The topological polar surface area (TPSA) is 152 Å². The van der Waals surface area contributed by atoms with E-state index in [1.165, 1.54) is 12.3 Å². The first-order chi connectivity index (χ1) is 18.3. The number of sulfonamides is 1. The molecule has 1 aliphatic carbocycles. The van der Waals surface area contributed by atoms with Gasteiger partial charge < -0.3 is 15.0 Å². The van der Waals surface area contributed by atoms with Crippen LogP contribution in [0.15, 0.2) is 43.0 Å². The number of nitrogens with zero attached hydrogens (tertiary/aromatic N) is 6. The van der Waals surface area contributed by atoms with Crippen molar-refractivity contribution in [2.75, 3.05) is 36.8 Å². The fourth-order valence-corrected chi connectivity index (χ4v) is 5.69. The highest BCUT2D eigenvalue weighted by Gasteiger charge is 2.45. The van der Waals surface area contributed by atoms with Gasteiger partial charge in [0, 0.05) is 18.0 Å². The molecule has 12 nitrogen and oxygen atoms in total. The molecule has 200 valence electrons. The summed E-state index contributed by atoms with van der Waals surface area (Å²) in [6, 6.07) is 5.01. The highest BCUT2D eigenvalue weighted by molar-refractivity contribution is 7.93. The van der Waals surface area contributed by atoms with Crippen LogP contribution in [0.5, 0.6) is 5.88 Å². The van der Waals surface area contributed by atoms with Crippen molar-refractivity contribution in [3.63, 3.8) is 0 Å². The van der Waals surface area contributed by atoms with E-state index in [4.69, 9.17) is 4.74 Å². The van der Waals surface area contributed by atoms with Crippen LogP contribution in [0.3, 0.4) is 0 Å². The molecule has 1 aliphatic heterocycles. The average molecular weight is 539 g/mol. The van der Waals surface area contributed by atoms with Crippen molar-refractivity contribution in [1.82, 2.24) is 29.8 Å². The van der Waals surface area contributed by atoms with Crippen LogP contribution >= 0.6 is 0 Å². The number of hydrogen-bond donors (Lipinski definition) is 2. The summed E-state index contributed by atoms with van der Waals surface area (Å²) in [7, 11) is -1.50. The number of piperidine rings is 1. The van der Waals surface area contributed by atoms with Gasteiger partial charge in [0.1, 0.15) is 22.9 Å². The molecule has 0 unspecified atom stereocenters. The van der Waals surface area contributed by atoms with Crippen molar-refractivity contribution in [1.29, 1.82) is 0 Å². The Kier molecular flexibility index (Phi) is 7.21. The first-order valence-corrected chi connectivity index (χ1v) is 14.1. The van der Waals surface area contributed by atoms with Gasteiger partial charge in [0.2, 0.25) is 21.8 Å². The molecule has 3 aromatic heterocycles. The summed E-state index contributed by atoms with van der Waals surface area (Å²) < 4.78 is 32.9. The van der Waals surface area contributed by atoms with Crippen molar-refractivity contribution in [2.45, 2.75) is 43.3 Å². The first kappa shape index (κ1) is 25.9. The van der Waals surface area contributed by atoms with Crippen LogP contribution in [0.25, 0.3) is 11.3 Å². The maximum absolute atomic E-state index is 13.8. The molecule has 1 amide bonds. The summed E-state index contributed by atoms with van der Waals surface area (Å²) in [5.41, 5.74) is 0.294. The highest BCUT2D eigenvalue weighted by Crippen LogP contribution is 2.36. The molecule has 2 N–H and O–H groups in total.